The van der Waals surface area contributed by atoms with Gasteiger partial charge in [0.15, 0.2) is 11.0 Å². The topological polar surface area (TPSA) is 59.8 Å². The Morgan fingerprint density at radius 3 is 2.49 bits per heavy atom. The normalized spacial score (nSPS) is 11.1. The smallest absolute Gasteiger partial charge is 0.220 e. The summed E-state index contributed by atoms with van der Waals surface area (Å²) in [7, 11) is 0. The lowest BCUT2D eigenvalue weighted by Gasteiger charge is -2.14. The van der Waals surface area contributed by atoms with Gasteiger partial charge >= 0.3 is 0 Å². The molecular formula is C27H34ClFN4OS. The molecule has 1 heterocycles. The highest BCUT2D eigenvalue weighted by atomic mass is 35.5. The van der Waals surface area contributed by atoms with E-state index in [1.807, 2.05) is 29.7 Å². The van der Waals surface area contributed by atoms with E-state index in [-0.39, 0.29) is 18.3 Å². The molecule has 1 N–H and O–H groups in total. The molecule has 0 bridgehead atoms. The van der Waals surface area contributed by atoms with Crippen LogP contribution in [0.2, 0.25) is 5.02 Å². The summed E-state index contributed by atoms with van der Waals surface area (Å²) in [5.41, 5.74) is 2.88. The number of carbonyl (C=O) groups excluding carboxylic acids is 1. The predicted octanol–water partition coefficient (Wildman–Crippen LogP) is 7.42. The number of amides is 1. The summed E-state index contributed by atoms with van der Waals surface area (Å²) in [6.07, 6.45) is 8.74. The van der Waals surface area contributed by atoms with Gasteiger partial charge in [0.25, 0.3) is 0 Å². The Bertz CT molecular complexity index is 1090. The van der Waals surface area contributed by atoms with Crippen LogP contribution in [0, 0.1) is 12.7 Å². The Balaban J connectivity index is 1.65. The van der Waals surface area contributed by atoms with Crippen molar-refractivity contribution in [2.24, 2.45) is 0 Å². The fraction of sp³-hybridized carbons (Fsp3) is 0.444. The van der Waals surface area contributed by atoms with Crippen LogP contribution in [0.4, 0.5) is 4.39 Å². The van der Waals surface area contributed by atoms with Crippen LogP contribution >= 0.6 is 23.4 Å². The van der Waals surface area contributed by atoms with Crippen LogP contribution in [0.1, 0.15) is 75.2 Å². The molecule has 0 saturated carbocycles. The maximum atomic E-state index is 13.3. The summed E-state index contributed by atoms with van der Waals surface area (Å²) in [6, 6.07) is 12.1. The Morgan fingerprint density at radius 2 is 1.74 bits per heavy atom. The van der Waals surface area contributed by atoms with E-state index < -0.39 is 0 Å². The maximum Gasteiger partial charge on any atom is 0.220 e. The van der Waals surface area contributed by atoms with E-state index in [9.17, 15) is 9.18 Å². The zero-order valence-corrected chi connectivity index (χ0v) is 22.1. The molecule has 2 aromatic carbocycles. The fourth-order valence-electron chi connectivity index (χ4n) is 3.81. The maximum absolute atomic E-state index is 13.3. The van der Waals surface area contributed by atoms with Gasteiger partial charge in [-0.3, -0.25) is 9.36 Å². The van der Waals surface area contributed by atoms with Crippen molar-refractivity contribution in [3.8, 4) is 5.69 Å². The molecule has 0 unspecified atom stereocenters. The summed E-state index contributed by atoms with van der Waals surface area (Å²) in [4.78, 5) is 12.4. The van der Waals surface area contributed by atoms with Crippen LogP contribution in [-0.2, 0) is 17.1 Å². The zero-order chi connectivity index (χ0) is 25.0. The number of rotatable bonds is 14. The highest BCUT2D eigenvalue weighted by Crippen LogP contribution is 2.28. The molecule has 3 rings (SSSR count). The van der Waals surface area contributed by atoms with Crippen LogP contribution in [0.5, 0.6) is 0 Å². The molecule has 0 aliphatic rings. The second-order valence-corrected chi connectivity index (χ2v) is 10.1. The van der Waals surface area contributed by atoms with E-state index in [2.05, 4.69) is 22.4 Å². The number of thioether (sulfide) groups is 1. The molecule has 0 atom stereocenters. The van der Waals surface area contributed by atoms with Crippen LogP contribution in [-0.4, -0.2) is 20.7 Å². The van der Waals surface area contributed by atoms with Crippen molar-refractivity contribution < 1.29 is 9.18 Å². The minimum Gasteiger partial charge on any atom is -0.349 e. The van der Waals surface area contributed by atoms with E-state index in [1.165, 1.54) is 56.0 Å². The first-order valence-electron chi connectivity index (χ1n) is 12.3. The van der Waals surface area contributed by atoms with Crippen molar-refractivity contribution >= 4 is 29.3 Å². The van der Waals surface area contributed by atoms with Crippen molar-refractivity contribution in [2.45, 2.75) is 82.7 Å². The van der Waals surface area contributed by atoms with Crippen molar-refractivity contribution in [3.63, 3.8) is 0 Å². The monoisotopic (exact) mass is 516 g/mol. The summed E-state index contributed by atoms with van der Waals surface area (Å²) >= 11 is 7.80. The van der Waals surface area contributed by atoms with E-state index in [0.717, 1.165) is 29.7 Å². The minimum absolute atomic E-state index is 0.0245. The number of benzene rings is 2. The molecule has 3 aromatic rings. The number of aromatic nitrogens is 3. The number of hydrogen-bond acceptors (Lipinski definition) is 4. The average Bonchev–Trinajstić information content (AvgIpc) is 3.26. The van der Waals surface area contributed by atoms with Gasteiger partial charge in [0.2, 0.25) is 5.91 Å². The molecule has 0 saturated heterocycles. The molecule has 0 aliphatic heterocycles. The van der Waals surface area contributed by atoms with Crippen molar-refractivity contribution in [3.05, 3.63) is 70.3 Å². The molecular weight excluding hydrogens is 483 g/mol. The van der Waals surface area contributed by atoms with Gasteiger partial charge in [-0.05, 0) is 48.7 Å². The summed E-state index contributed by atoms with van der Waals surface area (Å²) < 4.78 is 15.2. The van der Waals surface area contributed by atoms with Crippen LogP contribution in [0.25, 0.3) is 5.69 Å². The van der Waals surface area contributed by atoms with E-state index in [4.69, 9.17) is 11.6 Å². The number of nitrogens with one attached hydrogen (secondary N) is 1. The van der Waals surface area contributed by atoms with E-state index >= 15 is 0 Å². The minimum atomic E-state index is -0.258. The van der Waals surface area contributed by atoms with Gasteiger partial charge in [0.1, 0.15) is 5.82 Å². The lowest BCUT2D eigenvalue weighted by Crippen LogP contribution is -2.24. The van der Waals surface area contributed by atoms with Gasteiger partial charge in [-0.2, -0.15) is 0 Å². The highest BCUT2D eigenvalue weighted by molar-refractivity contribution is 7.98. The fourth-order valence-corrected chi connectivity index (χ4v) is 4.90. The van der Waals surface area contributed by atoms with Gasteiger partial charge in [0.05, 0.1) is 12.2 Å². The van der Waals surface area contributed by atoms with Crippen molar-refractivity contribution in [2.75, 3.05) is 0 Å². The number of halogens is 2. The second-order valence-electron chi connectivity index (χ2n) is 8.73. The van der Waals surface area contributed by atoms with Gasteiger partial charge in [0, 0.05) is 17.2 Å². The van der Waals surface area contributed by atoms with Gasteiger partial charge in [-0.1, -0.05) is 87.0 Å². The lowest BCUT2D eigenvalue weighted by atomic mass is 10.1. The molecule has 0 aliphatic carbocycles. The van der Waals surface area contributed by atoms with Crippen LogP contribution < -0.4 is 5.32 Å². The first kappa shape index (κ1) is 27.2. The molecule has 5 nitrogen and oxygen atoms in total. The largest absolute Gasteiger partial charge is 0.349 e. The third-order valence-corrected chi connectivity index (χ3v) is 7.08. The average molecular weight is 517 g/mol. The predicted molar refractivity (Wildman–Crippen MR) is 142 cm³/mol. The van der Waals surface area contributed by atoms with Crippen molar-refractivity contribution in [1.82, 2.24) is 20.1 Å². The molecule has 35 heavy (non-hydrogen) atoms. The van der Waals surface area contributed by atoms with Crippen molar-refractivity contribution in [1.29, 1.82) is 0 Å². The summed E-state index contributed by atoms with van der Waals surface area (Å²) in [5.74, 6) is 1.02. The third kappa shape index (κ3) is 8.65. The summed E-state index contributed by atoms with van der Waals surface area (Å²) in [5, 5.41) is 13.1. The third-order valence-electron chi connectivity index (χ3n) is 5.84. The van der Waals surface area contributed by atoms with E-state index in [0.29, 0.717) is 28.2 Å². The van der Waals surface area contributed by atoms with Gasteiger partial charge < -0.3 is 5.32 Å². The quantitative estimate of drug-likeness (QED) is 0.179. The lowest BCUT2D eigenvalue weighted by molar-refractivity contribution is -0.121. The number of carbonyl (C=O) groups is 1. The molecule has 0 spiro atoms. The molecule has 0 fully saturated rings. The Kier molecular flexibility index (Phi) is 11.1. The first-order chi connectivity index (χ1) is 17.0. The number of aryl methyl sites for hydroxylation is 1. The van der Waals surface area contributed by atoms with Gasteiger partial charge in [-0.25, -0.2) is 4.39 Å². The second kappa shape index (κ2) is 14.2. The Labute approximate surface area is 216 Å². The molecule has 1 amide bonds. The highest BCUT2D eigenvalue weighted by Gasteiger charge is 2.17. The zero-order valence-electron chi connectivity index (χ0n) is 20.5. The molecule has 188 valence electrons. The number of nitrogens with zero attached hydrogens (tertiary/aromatic N) is 3. The number of unbranched alkanes of at least 4 members (excludes halogenated alkanes) is 6. The van der Waals surface area contributed by atoms with Crippen LogP contribution in [0.15, 0.2) is 47.6 Å². The Hall–Kier alpha value is -2.38. The SMILES string of the molecule is CCCCCCCCCC(=O)NCc1nnc(SCc2ccc(F)cc2)n1-c1cc(Cl)ccc1C. The summed E-state index contributed by atoms with van der Waals surface area (Å²) in [6.45, 7) is 4.50. The standard InChI is InChI=1S/C27H34ClFN4OS/c1-3-4-5-6-7-8-9-10-26(34)30-18-25-31-32-27(35-19-21-12-15-23(29)16-13-21)33(25)24-17-22(28)14-11-20(24)2/h11-17H,3-10,18-19H2,1-2H3,(H,30,34). The van der Waals surface area contributed by atoms with E-state index in [1.54, 1.807) is 12.1 Å². The molecule has 1 aromatic heterocycles. The molecule has 0 radical (unpaired) electrons. The van der Waals surface area contributed by atoms with Crippen LogP contribution in [0.3, 0.4) is 0 Å². The Morgan fingerprint density at radius 1 is 1.03 bits per heavy atom. The van der Waals surface area contributed by atoms with Gasteiger partial charge in [-0.15, -0.1) is 10.2 Å². The number of hydrogen-bond donors (Lipinski definition) is 1. The molecule has 8 heteroatoms. The first-order valence-corrected chi connectivity index (χ1v) is 13.7.